The Morgan fingerprint density at radius 3 is 2.50 bits per heavy atom. The van der Waals surface area contributed by atoms with Gasteiger partial charge in [-0.2, -0.15) is 23.0 Å². The fourth-order valence-electron chi connectivity index (χ4n) is 3.40. The van der Waals surface area contributed by atoms with E-state index in [-0.39, 0.29) is 28.9 Å². The maximum absolute atomic E-state index is 13.9. The summed E-state index contributed by atoms with van der Waals surface area (Å²) in [4.78, 5) is 34.4. The Labute approximate surface area is 190 Å². The third-order valence-electron chi connectivity index (χ3n) is 4.83. The Hall–Kier alpha value is -3.62. The van der Waals surface area contributed by atoms with Crippen LogP contribution in [0.2, 0.25) is 0 Å². The van der Waals surface area contributed by atoms with Gasteiger partial charge in [0.15, 0.2) is 0 Å². The van der Waals surface area contributed by atoms with Crippen molar-refractivity contribution in [3.05, 3.63) is 86.1 Å². The maximum atomic E-state index is 13.9. The predicted octanol–water partition coefficient (Wildman–Crippen LogP) is 1.50. The molecule has 0 amide bonds. The highest BCUT2D eigenvalue weighted by Crippen LogP contribution is 2.38. The average Bonchev–Trinajstić information content (AvgIpc) is 3.22. The average molecular weight is 497 g/mol. The molecule has 4 rings (SSSR count). The number of benzene rings is 2. The second kappa shape index (κ2) is 8.62. The molecule has 2 heterocycles. The van der Waals surface area contributed by atoms with Crippen LogP contribution in [-0.2, 0) is 27.6 Å². The number of sulfonamides is 1. The Balaban J connectivity index is 1.83. The minimum atomic E-state index is -4.84. The Kier molecular flexibility index (Phi) is 5.97. The number of nitrogens with zero attached hydrogens (tertiary/aromatic N) is 2. The van der Waals surface area contributed by atoms with Crippen LogP contribution in [0.15, 0.2) is 58.1 Å². The lowest BCUT2D eigenvalue weighted by atomic mass is 10.0. The number of rotatable bonds is 6. The fraction of sp³-hybridized carbons (Fsp3) is 0.200. The van der Waals surface area contributed by atoms with Gasteiger partial charge in [0.25, 0.3) is 5.56 Å². The largest absolute Gasteiger partial charge is 0.417 e. The second-order valence-electron chi connectivity index (χ2n) is 7.38. The number of hydrazine groups is 1. The normalized spacial score (nSPS) is 14.5. The van der Waals surface area contributed by atoms with Crippen LogP contribution in [0, 0.1) is 0 Å². The van der Waals surface area contributed by atoms with E-state index in [1.165, 1.54) is 6.08 Å². The molecule has 0 atom stereocenters. The SMILES string of the molecule is CS(=O)(=O)Nn1c(=O)[nH]c2cc(C(F)(F)F)c(C3=CCNN3OCc3ccccc3)cc2c1=O. The molecule has 1 aromatic heterocycles. The molecule has 0 bridgehead atoms. The molecule has 1 aliphatic heterocycles. The van der Waals surface area contributed by atoms with Crippen molar-refractivity contribution in [2.45, 2.75) is 12.8 Å². The number of hydrogen-bond acceptors (Lipinski definition) is 7. The van der Waals surface area contributed by atoms with Crippen molar-refractivity contribution in [3.8, 4) is 0 Å². The van der Waals surface area contributed by atoms with Gasteiger partial charge in [-0.15, -0.1) is 0 Å². The summed E-state index contributed by atoms with van der Waals surface area (Å²) in [5.41, 5.74) is -0.729. The molecule has 34 heavy (non-hydrogen) atoms. The van der Waals surface area contributed by atoms with Gasteiger partial charge in [0.1, 0.15) is 6.61 Å². The van der Waals surface area contributed by atoms with Crippen molar-refractivity contribution in [1.82, 2.24) is 20.3 Å². The van der Waals surface area contributed by atoms with Crippen molar-refractivity contribution in [2.24, 2.45) is 0 Å². The number of H-pyrrole nitrogens is 1. The highest BCUT2D eigenvalue weighted by molar-refractivity contribution is 7.91. The van der Waals surface area contributed by atoms with Crippen LogP contribution in [-0.4, -0.2) is 36.1 Å². The number of aromatic amines is 1. The van der Waals surface area contributed by atoms with E-state index in [2.05, 4.69) is 10.4 Å². The first-order valence-electron chi connectivity index (χ1n) is 9.73. The van der Waals surface area contributed by atoms with E-state index in [0.29, 0.717) is 6.07 Å². The smallest absolute Gasteiger partial charge is 0.305 e. The Bertz CT molecular complexity index is 1500. The first-order chi connectivity index (χ1) is 15.9. The van der Waals surface area contributed by atoms with Crippen LogP contribution in [0.5, 0.6) is 0 Å². The number of hydrogen-bond donors (Lipinski definition) is 3. The Morgan fingerprint density at radius 1 is 1.15 bits per heavy atom. The minimum absolute atomic E-state index is 0.00150. The van der Waals surface area contributed by atoms with E-state index in [9.17, 15) is 31.2 Å². The summed E-state index contributed by atoms with van der Waals surface area (Å²) in [5.74, 6) is 0. The van der Waals surface area contributed by atoms with Crippen LogP contribution >= 0.6 is 0 Å². The molecule has 1 aliphatic rings. The van der Waals surface area contributed by atoms with Gasteiger partial charge < -0.3 is 4.98 Å². The van der Waals surface area contributed by atoms with Gasteiger partial charge >= 0.3 is 11.9 Å². The molecule has 0 unspecified atom stereocenters. The van der Waals surface area contributed by atoms with Crippen LogP contribution in [0.3, 0.4) is 0 Å². The lowest BCUT2D eigenvalue weighted by molar-refractivity contribution is -0.151. The molecule has 10 nitrogen and oxygen atoms in total. The van der Waals surface area contributed by atoms with E-state index >= 15 is 0 Å². The zero-order valence-corrected chi connectivity index (χ0v) is 18.3. The van der Waals surface area contributed by atoms with E-state index < -0.39 is 44.1 Å². The topological polar surface area (TPSA) is 126 Å². The lowest BCUT2D eigenvalue weighted by Crippen LogP contribution is -2.43. The number of fused-ring (bicyclic) bond motifs is 1. The zero-order chi connectivity index (χ0) is 24.7. The monoisotopic (exact) mass is 497 g/mol. The van der Waals surface area contributed by atoms with Crippen molar-refractivity contribution >= 4 is 26.6 Å². The number of hydroxylamine groups is 1. The molecule has 0 fully saturated rings. The van der Waals surface area contributed by atoms with Crippen molar-refractivity contribution in [1.29, 1.82) is 0 Å². The Morgan fingerprint density at radius 2 is 1.85 bits per heavy atom. The van der Waals surface area contributed by atoms with Gasteiger partial charge in [0.2, 0.25) is 10.0 Å². The van der Waals surface area contributed by atoms with Gasteiger partial charge in [0, 0.05) is 12.1 Å². The molecule has 14 heteroatoms. The van der Waals surface area contributed by atoms with Crippen LogP contribution in [0.1, 0.15) is 16.7 Å². The molecule has 3 aromatic rings. The van der Waals surface area contributed by atoms with Crippen molar-refractivity contribution < 1.29 is 26.4 Å². The molecule has 2 aromatic carbocycles. The molecule has 0 aliphatic carbocycles. The molecule has 0 spiro atoms. The van der Waals surface area contributed by atoms with Gasteiger partial charge in [0.05, 0.1) is 28.4 Å². The third kappa shape index (κ3) is 4.83. The second-order valence-corrected chi connectivity index (χ2v) is 9.11. The van der Waals surface area contributed by atoms with E-state index in [0.717, 1.165) is 23.1 Å². The van der Waals surface area contributed by atoms with Crippen LogP contribution in [0.4, 0.5) is 13.2 Å². The number of aromatic nitrogens is 2. The molecule has 0 saturated heterocycles. The van der Waals surface area contributed by atoms with Gasteiger partial charge in [-0.25, -0.2) is 23.5 Å². The highest BCUT2D eigenvalue weighted by Gasteiger charge is 2.37. The fourth-order valence-corrected chi connectivity index (χ4v) is 3.90. The first-order valence-corrected chi connectivity index (χ1v) is 11.6. The van der Waals surface area contributed by atoms with Crippen molar-refractivity contribution in [2.75, 3.05) is 17.6 Å². The number of alkyl halides is 3. The molecule has 0 radical (unpaired) electrons. The van der Waals surface area contributed by atoms with Gasteiger partial charge in [-0.3, -0.25) is 9.63 Å². The first kappa shape index (κ1) is 23.5. The zero-order valence-electron chi connectivity index (χ0n) is 17.5. The quantitative estimate of drug-likeness (QED) is 0.471. The highest BCUT2D eigenvalue weighted by atomic mass is 32.2. The van der Waals surface area contributed by atoms with Gasteiger partial charge in [-0.1, -0.05) is 30.3 Å². The number of nitrogens with one attached hydrogen (secondary N) is 3. The molecular formula is C20H18F3N5O5S. The van der Waals surface area contributed by atoms with E-state index in [1.807, 2.05) is 6.07 Å². The van der Waals surface area contributed by atoms with Crippen LogP contribution < -0.4 is 21.5 Å². The third-order valence-corrected chi connectivity index (χ3v) is 5.34. The maximum Gasteiger partial charge on any atom is 0.417 e. The van der Waals surface area contributed by atoms with Gasteiger partial charge in [-0.05, 0) is 23.8 Å². The molecule has 0 saturated carbocycles. The summed E-state index contributed by atoms with van der Waals surface area (Å²) in [6.45, 7) is 0.212. The van der Waals surface area contributed by atoms with E-state index in [4.69, 9.17) is 4.84 Å². The van der Waals surface area contributed by atoms with E-state index in [1.54, 1.807) is 29.1 Å². The molecule has 3 N–H and O–H groups in total. The minimum Gasteiger partial charge on any atom is -0.305 e. The summed E-state index contributed by atoms with van der Waals surface area (Å²) >= 11 is 0. The summed E-state index contributed by atoms with van der Waals surface area (Å²) in [6, 6.07) is 10.5. The summed E-state index contributed by atoms with van der Waals surface area (Å²) in [6.07, 6.45) is -2.67. The van der Waals surface area contributed by atoms with Crippen molar-refractivity contribution in [3.63, 3.8) is 0 Å². The number of halogens is 3. The van der Waals surface area contributed by atoms with Crippen LogP contribution in [0.25, 0.3) is 16.6 Å². The molecule has 180 valence electrons. The summed E-state index contributed by atoms with van der Waals surface area (Å²) in [5, 5.41) is 0.733. The summed E-state index contributed by atoms with van der Waals surface area (Å²) in [7, 11) is -4.03. The lowest BCUT2D eigenvalue weighted by Gasteiger charge is -2.24. The summed E-state index contributed by atoms with van der Waals surface area (Å²) < 4.78 is 65.0. The predicted molar refractivity (Wildman–Crippen MR) is 117 cm³/mol. The molecular weight excluding hydrogens is 479 g/mol. The standard InChI is InChI=1S/C20H18F3N5O5S/c1-34(31,32)26-27-18(29)14-9-13(15(20(21,22)23)10-16(14)25-19(27)30)17-7-8-24-28(17)33-11-12-5-3-2-4-6-12/h2-7,9-10,24,26H,8,11H2,1H3,(H,25,30).